The zero-order chi connectivity index (χ0) is 37.9. The molecule has 0 fully saturated rings. The van der Waals surface area contributed by atoms with Gasteiger partial charge in [-0.15, -0.1) is 23.1 Å². The van der Waals surface area contributed by atoms with E-state index in [2.05, 4.69) is 37.2 Å². The molecule has 10 nitrogen and oxygen atoms in total. The van der Waals surface area contributed by atoms with Gasteiger partial charge in [0, 0.05) is 26.3 Å². The standard InChI is InChI=1S/C40H35BrN4O6S2/c1-4-32(37(48)45-39-33(40(50)51-3)24(2)34(53-39)38(49)42-28-14-9-6-10-15-28)52-30-17-11-16-29(23-30)43-36(47)31(22-25-18-20-27(41)21-19-25)44-35(46)26-12-7-5-8-13-26/h5-23,32H,4H2,1-3H3,(H,42,49)(H,43,47)(H,44,46)(H,45,48)/b31-22+. The van der Waals surface area contributed by atoms with Crippen molar-refractivity contribution in [3.63, 3.8) is 0 Å². The molecule has 1 atom stereocenters. The first-order valence-electron chi connectivity index (χ1n) is 16.4. The van der Waals surface area contributed by atoms with Crippen LogP contribution in [-0.2, 0) is 14.3 Å². The summed E-state index contributed by atoms with van der Waals surface area (Å²) < 4.78 is 5.86. The molecule has 5 rings (SSSR count). The third-order valence-electron chi connectivity index (χ3n) is 7.75. The highest BCUT2D eigenvalue weighted by Crippen LogP contribution is 2.36. The number of amides is 4. The third kappa shape index (κ3) is 10.3. The lowest BCUT2D eigenvalue weighted by atomic mass is 10.1. The van der Waals surface area contributed by atoms with Gasteiger partial charge in [0.2, 0.25) is 5.91 Å². The first-order chi connectivity index (χ1) is 25.6. The normalized spacial score (nSPS) is 11.6. The molecule has 4 amide bonds. The number of para-hydroxylation sites is 1. The summed E-state index contributed by atoms with van der Waals surface area (Å²) in [4.78, 5) is 67.2. The maximum atomic E-state index is 13.7. The molecule has 0 spiro atoms. The third-order valence-corrected chi connectivity index (χ3v) is 10.8. The largest absolute Gasteiger partial charge is 0.465 e. The molecule has 0 saturated carbocycles. The highest BCUT2D eigenvalue weighted by atomic mass is 79.9. The number of thiophene rings is 1. The monoisotopic (exact) mass is 810 g/mol. The molecule has 13 heteroatoms. The molecular weight excluding hydrogens is 776 g/mol. The summed E-state index contributed by atoms with van der Waals surface area (Å²) >= 11 is 5.68. The highest BCUT2D eigenvalue weighted by Gasteiger charge is 2.28. The number of hydrogen-bond donors (Lipinski definition) is 4. The smallest absolute Gasteiger partial charge is 0.341 e. The van der Waals surface area contributed by atoms with E-state index in [1.165, 1.54) is 18.9 Å². The van der Waals surface area contributed by atoms with Gasteiger partial charge in [-0.25, -0.2) is 4.79 Å². The van der Waals surface area contributed by atoms with Gasteiger partial charge in [-0.05, 0) is 85.1 Å². The molecular formula is C40H35BrN4O6S2. The average Bonchev–Trinajstić information content (AvgIpc) is 3.49. The molecule has 0 bridgehead atoms. The number of nitrogens with one attached hydrogen (secondary N) is 4. The van der Waals surface area contributed by atoms with Crippen molar-refractivity contribution < 1.29 is 28.7 Å². The minimum absolute atomic E-state index is 0.0366. The molecule has 1 heterocycles. The lowest BCUT2D eigenvalue weighted by molar-refractivity contribution is -0.116. The van der Waals surface area contributed by atoms with Crippen molar-refractivity contribution in [2.75, 3.05) is 23.1 Å². The van der Waals surface area contributed by atoms with Gasteiger partial charge in [-0.1, -0.05) is 77.5 Å². The van der Waals surface area contributed by atoms with E-state index in [9.17, 15) is 24.0 Å². The van der Waals surface area contributed by atoms with E-state index < -0.39 is 28.9 Å². The van der Waals surface area contributed by atoms with Crippen molar-refractivity contribution in [1.82, 2.24) is 5.32 Å². The number of halogens is 1. The number of rotatable bonds is 13. The van der Waals surface area contributed by atoms with E-state index in [4.69, 9.17) is 4.74 Å². The van der Waals surface area contributed by atoms with Crippen molar-refractivity contribution in [2.45, 2.75) is 30.4 Å². The second-order valence-corrected chi connectivity index (χ2v) is 14.7. The summed E-state index contributed by atoms with van der Waals surface area (Å²) in [5.74, 6) is -2.45. The molecule has 0 saturated heterocycles. The Morgan fingerprint density at radius 3 is 2.13 bits per heavy atom. The second kappa shape index (κ2) is 18.3. The minimum Gasteiger partial charge on any atom is -0.465 e. The summed E-state index contributed by atoms with van der Waals surface area (Å²) in [6.45, 7) is 3.49. The van der Waals surface area contributed by atoms with Crippen LogP contribution in [-0.4, -0.2) is 42.0 Å². The highest BCUT2D eigenvalue weighted by molar-refractivity contribution is 9.10. The van der Waals surface area contributed by atoms with E-state index >= 15 is 0 Å². The van der Waals surface area contributed by atoms with E-state index in [-0.39, 0.29) is 27.0 Å². The number of thioether (sulfide) groups is 1. The number of methoxy groups -OCH3 is 1. The maximum Gasteiger partial charge on any atom is 0.341 e. The average molecular weight is 812 g/mol. The van der Waals surface area contributed by atoms with Crippen LogP contribution in [0.4, 0.5) is 16.4 Å². The van der Waals surface area contributed by atoms with Crippen LogP contribution in [0.3, 0.4) is 0 Å². The Labute approximate surface area is 323 Å². The molecule has 1 aromatic heterocycles. The van der Waals surface area contributed by atoms with E-state index in [0.29, 0.717) is 39.4 Å². The lowest BCUT2D eigenvalue weighted by Gasteiger charge is -2.16. The van der Waals surface area contributed by atoms with Gasteiger partial charge in [0.05, 0.1) is 22.8 Å². The van der Waals surface area contributed by atoms with Crippen molar-refractivity contribution in [1.29, 1.82) is 0 Å². The van der Waals surface area contributed by atoms with Crippen LogP contribution < -0.4 is 21.3 Å². The Morgan fingerprint density at radius 1 is 0.811 bits per heavy atom. The van der Waals surface area contributed by atoms with Gasteiger partial charge in [-0.3, -0.25) is 19.2 Å². The van der Waals surface area contributed by atoms with Crippen LogP contribution in [0.5, 0.6) is 0 Å². The van der Waals surface area contributed by atoms with E-state index in [1.54, 1.807) is 85.8 Å². The molecule has 53 heavy (non-hydrogen) atoms. The number of carbonyl (C=O) groups excluding carboxylic acids is 5. The Bertz CT molecular complexity index is 2160. The van der Waals surface area contributed by atoms with Gasteiger partial charge in [0.15, 0.2) is 0 Å². The fraction of sp³-hybridized carbons (Fsp3) is 0.125. The number of ether oxygens (including phenoxy) is 1. The Kier molecular flexibility index (Phi) is 13.4. The second-order valence-electron chi connectivity index (χ2n) is 11.5. The summed E-state index contributed by atoms with van der Waals surface area (Å²) in [6.07, 6.45) is 2.02. The Hall–Kier alpha value is -5.50. The van der Waals surface area contributed by atoms with Gasteiger partial charge >= 0.3 is 5.97 Å². The molecule has 0 aliphatic heterocycles. The summed E-state index contributed by atoms with van der Waals surface area (Å²) in [5.41, 5.74) is 2.67. The maximum absolute atomic E-state index is 13.7. The van der Waals surface area contributed by atoms with Crippen LogP contribution >= 0.6 is 39.0 Å². The number of carbonyl (C=O) groups is 5. The van der Waals surface area contributed by atoms with E-state index in [1.807, 2.05) is 43.3 Å². The van der Waals surface area contributed by atoms with Gasteiger partial charge in [0.1, 0.15) is 10.7 Å². The summed E-state index contributed by atoms with van der Waals surface area (Å²) in [7, 11) is 1.24. The lowest BCUT2D eigenvalue weighted by Crippen LogP contribution is -2.30. The first kappa shape index (κ1) is 38.7. The zero-order valence-corrected chi connectivity index (χ0v) is 32.1. The SMILES string of the molecule is CCC(Sc1cccc(NC(=O)/C(=C\c2ccc(Br)cc2)NC(=O)c2ccccc2)c1)C(=O)Nc1sc(C(=O)Nc2ccccc2)c(C)c1C(=O)OC. The van der Waals surface area contributed by atoms with Crippen LogP contribution in [0.1, 0.15) is 54.9 Å². The Balaban J connectivity index is 1.32. The Morgan fingerprint density at radius 2 is 1.47 bits per heavy atom. The topological polar surface area (TPSA) is 143 Å². The summed E-state index contributed by atoms with van der Waals surface area (Å²) in [5, 5.41) is 10.9. The number of benzene rings is 4. The van der Waals surface area contributed by atoms with Crippen molar-refractivity contribution in [2.24, 2.45) is 0 Å². The fourth-order valence-corrected chi connectivity index (χ4v) is 7.44. The van der Waals surface area contributed by atoms with Crippen LogP contribution in [0.25, 0.3) is 6.08 Å². The number of anilines is 3. The zero-order valence-electron chi connectivity index (χ0n) is 28.9. The molecule has 270 valence electrons. The molecule has 4 N–H and O–H groups in total. The molecule has 0 radical (unpaired) electrons. The van der Waals surface area contributed by atoms with Crippen LogP contribution in [0.2, 0.25) is 0 Å². The van der Waals surface area contributed by atoms with Crippen molar-refractivity contribution >= 4 is 91.1 Å². The fourth-order valence-electron chi connectivity index (χ4n) is 5.07. The number of hydrogen-bond acceptors (Lipinski definition) is 8. The molecule has 5 aromatic rings. The summed E-state index contributed by atoms with van der Waals surface area (Å²) in [6, 6.07) is 31.8. The molecule has 4 aromatic carbocycles. The van der Waals surface area contributed by atoms with E-state index in [0.717, 1.165) is 15.8 Å². The van der Waals surface area contributed by atoms with Crippen LogP contribution in [0, 0.1) is 6.92 Å². The molecule has 1 unspecified atom stereocenters. The number of esters is 1. The first-order valence-corrected chi connectivity index (χ1v) is 18.9. The van der Waals surface area contributed by atoms with Gasteiger partial charge < -0.3 is 26.0 Å². The predicted octanol–water partition coefficient (Wildman–Crippen LogP) is 8.78. The predicted molar refractivity (Wildman–Crippen MR) is 214 cm³/mol. The van der Waals surface area contributed by atoms with Crippen molar-refractivity contribution in [3.05, 3.63) is 146 Å². The van der Waals surface area contributed by atoms with Crippen LogP contribution in [0.15, 0.2) is 124 Å². The molecule has 0 aliphatic rings. The minimum atomic E-state index is -0.675. The van der Waals surface area contributed by atoms with Gasteiger partial charge in [-0.2, -0.15) is 0 Å². The van der Waals surface area contributed by atoms with Gasteiger partial charge in [0.25, 0.3) is 17.7 Å². The van der Waals surface area contributed by atoms with Crippen molar-refractivity contribution in [3.8, 4) is 0 Å². The quantitative estimate of drug-likeness (QED) is 0.0529. The molecule has 0 aliphatic carbocycles.